The molecular weight excluding hydrogens is 351 g/mol. The molecule has 3 rings (SSSR count). The van der Waals surface area contributed by atoms with Gasteiger partial charge in [0.05, 0.1) is 11.3 Å². The topological polar surface area (TPSA) is 54.9 Å². The third-order valence-electron chi connectivity index (χ3n) is 3.39. The molecule has 0 atom stereocenters. The zero-order valence-corrected chi connectivity index (χ0v) is 13.8. The summed E-state index contributed by atoms with van der Waals surface area (Å²) in [5.41, 5.74) is 1.74. The lowest BCUT2D eigenvalue weighted by atomic mass is 10.1. The monoisotopic (exact) mass is 363 g/mol. The van der Waals surface area contributed by atoms with Crippen LogP contribution in [0.2, 0.25) is 0 Å². The van der Waals surface area contributed by atoms with Crippen LogP contribution < -0.4 is 5.32 Å². The molecule has 0 bridgehead atoms. The van der Waals surface area contributed by atoms with E-state index in [0.717, 1.165) is 29.5 Å². The van der Waals surface area contributed by atoms with Crippen LogP contribution in [0.5, 0.6) is 0 Å². The van der Waals surface area contributed by atoms with Crippen molar-refractivity contribution in [2.24, 2.45) is 0 Å². The van der Waals surface area contributed by atoms with Crippen molar-refractivity contribution in [2.45, 2.75) is 13.1 Å². The number of aromatic nitrogens is 2. The van der Waals surface area contributed by atoms with E-state index < -0.39 is 17.8 Å². The summed E-state index contributed by atoms with van der Waals surface area (Å²) in [4.78, 5) is 19.7. The predicted octanol–water partition coefficient (Wildman–Crippen LogP) is 4.78. The van der Waals surface area contributed by atoms with Gasteiger partial charge in [0.2, 0.25) is 0 Å². The highest BCUT2D eigenvalue weighted by Crippen LogP contribution is 2.28. The zero-order valence-electron chi connectivity index (χ0n) is 13.0. The highest BCUT2D eigenvalue weighted by Gasteiger charge is 2.32. The van der Waals surface area contributed by atoms with E-state index in [1.165, 1.54) is 11.3 Å². The van der Waals surface area contributed by atoms with Crippen LogP contribution in [0.25, 0.3) is 11.3 Å². The molecule has 128 valence electrons. The number of hydrogen-bond acceptors (Lipinski definition) is 4. The van der Waals surface area contributed by atoms with E-state index in [-0.39, 0.29) is 5.56 Å². The first kappa shape index (κ1) is 17.1. The lowest BCUT2D eigenvalue weighted by Gasteiger charge is -2.06. The highest BCUT2D eigenvalue weighted by molar-refractivity contribution is 7.14. The van der Waals surface area contributed by atoms with Crippen molar-refractivity contribution < 1.29 is 18.0 Å². The van der Waals surface area contributed by atoms with E-state index in [2.05, 4.69) is 15.3 Å². The first-order chi connectivity index (χ1) is 11.8. The van der Waals surface area contributed by atoms with Crippen molar-refractivity contribution in [3.63, 3.8) is 0 Å². The number of nitrogens with zero attached hydrogens (tertiary/aromatic N) is 2. The maximum Gasteiger partial charge on any atom is 0.433 e. The number of thiazole rings is 1. The first-order valence-corrected chi connectivity index (χ1v) is 8.08. The van der Waals surface area contributed by atoms with Gasteiger partial charge in [-0.3, -0.25) is 15.1 Å². The second kappa shape index (κ2) is 6.64. The van der Waals surface area contributed by atoms with Crippen LogP contribution in [0.4, 0.5) is 18.3 Å². The van der Waals surface area contributed by atoms with Crippen molar-refractivity contribution in [3.05, 3.63) is 64.8 Å². The van der Waals surface area contributed by atoms with Gasteiger partial charge >= 0.3 is 6.18 Å². The summed E-state index contributed by atoms with van der Waals surface area (Å²) in [6.07, 6.45) is -3.64. The van der Waals surface area contributed by atoms with Gasteiger partial charge in [-0.05, 0) is 19.1 Å². The van der Waals surface area contributed by atoms with Crippen molar-refractivity contribution in [1.82, 2.24) is 9.97 Å². The van der Waals surface area contributed by atoms with Gasteiger partial charge in [0.1, 0.15) is 5.69 Å². The van der Waals surface area contributed by atoms with Crippen LogP contribution in [-0.4, -0.2) is 15.9 Å². The molecule has 0 aliphatic rings. The van der Waals surface area contributed by atoms with E-state index in [1.54, 1.807) is 5.38 Å². The molecule has 2 heterocycles. The molecule has 25 heavy (non-hydrogen) atoms. The highest BCUT2D eigenvalue weighted by atomic mass is 32.1. The second-order valence-electron chi connectivity index (χ2n) is 5.29. The maximum atomic E-state index is 12.5. The van der Waals surface area contributed by atoms with Crippen LogP contribution in [-0.2, 0) is 6.18 Å². The van der Waals surface area contributed by atoms with E-state index in [0.29, 0.717) is 10.8 Å². The molecular formula is C17H12F3N3OS. The normalized spacial score (nSPS) is 11.4. The number of halogens is 3. The number of anilines is 1. The van der Waals surface area contributed by atoms with Gasteiger partial charge in [-0.15, -0.1) is 11.3 Å². The van der Waals surface area contributed by atoms with E-state index in [9.17, 15) is 18.0 Å². The summed E-state index contributed by atoms with van der Waals surface area (Å²) in [6, 6.07) is 9.63. The molecule has 1 N–H and O–H groups in total. The number of nitrogens with one attached hydrogen (secondary N) is 1. The molecule has 0 aliphatic heterocycles. The molecule has 3 aromatic rings. The van der Waals surface area contributed by atoms with E-state index >= 15 is 0 Å². The third kappa shape index (κ3) is 4.03. The SMILES string of the molecule is Cc1ccc(-c2csc(NC(=O)c3ccc(C(F)(F)F)nc3)n2)cc1. The predicted molar refractivity (Wildman–Crippen MR) is 89.5 cm³/mol. The molecule has 0 saturated heterocycles. The summed E-state index contributed by atoms with van der Waals surface area (Å²) >= 11 is 1.24. The Kier molecular flexibility index (Phi) is 4.54. The number of rotatable bonds is 3. The third-order valence-corrected chi connectivity index (χ3v) is 4.15. The van der Waals surface area contributed by atoms with Crippen LogP contribution in [0, 0.1) is 6.92 Å². The van der Waals surface area contributed by atoms with Crippen LogP contribution in [0.1, 0.15) is 21.6 Å². The Morgan fingerprint density at radius 3 is 2.44 bits per heavy atom. The lowest BCUT2D eigenvalue weighted by molar-refractivity contribution is -0.141. The minimum atomic E-state index is -4.53. The maximum absolute atomic E-state index is 12.5. The quantitative estimate of drug-likeness (QED) is 0.728. The Labute approximate surface area is 145 Å². The fraction of sp³-hybridized carbons (Fsp3) is 0.118. The van der Waals surface area contributed by atoms with E-state index in [4.69, 9.17) is 0 Å². The fourth-order valence-electron chi connectivity index (χ4n) is 2.05. The summed E-state index contributed by atoms with van der Waals surface area (Å²) in [7, 11) is 0. The van der Waals surface area contributed by atoms with Crippen LogP contribution in [0.15, 0.2) is 48.0 Å². The first-order valence-electron chi connectivity index (χ1n) is 7.20. The van der Waals surface area contributed by atoms with Crippen molar-refractivity contribution in [1.29, 1.82) is 0 Å². The Morgan fingerprint density at radius 1 is 1.12 bits per heavy atom. The number of amides is 1. The number of benzene rings is 1. The smallest absolute Gasteiger partial charge is 0.298 e. The molecule has 0 radical (unpaired) electrons. The van der Waals surface area contributed by atoms with Gasteiger partial charge < -0.3 is 0 Å². The minimum absolute atomic E-state index is 0.0279. The lowest BCUT2D eigenvalue weighted by Crippen LogP contribution is -2.14. The zero-order chi connectivity index (χ0) is 18.0. The van der Waals surface area contributed by atoms with Gasteiger partial charge in [0.15, 0.2) is 5.13 Å². The standard InChI is InChI=1S/C17H12F3N3OS/c1-10-2-4-11(5-3-10)13-9-25-16(22-13)23-15(24)12-6-7-14(21-8-12)17(18,19)20/h2-9H,1H3,(H,22,23,24). The molecule has 0 fully saturated rings. The van der Waals surface area contributed by atoms with Gasteiger partial charge in [0.25, 0.3) is 5.91 Å². The largest absolute Gasteiger partial charge is 0.433 e. The van der Waals surface area contributed by atoms with E-state index in [1.807, 2.05) is 31.2 Å². The average Bonchev–Trinajstić information content (AvgIpc) is 3.03. The molecule has 0 saturated carbocycles. The molecule has 8 heteroatoms. The molecule has 2 aromatic heterocycles. The molecule has 0 unspecified atom stereocenters. The number of alkyl halides is 3. The minimum Gasteiger partial charge on any atom is -0.298 e. The summed E-state index contributed by atoms with van der Waals surface area (Å²) in [5.74, 6) is -0.564. The molecule has 4 nitrogen and oxygen atoms in total. The summed E-state index contributed by atoms with van der Waals surface area (Å²) in [5, 5.41) is 4.72. The number of pyridine rings is 1. The fourth-order valence-corrected chi connectivity index (χ4v) is 2.77. The molecule has 0 aliphatic carbocycles. The summed E-state index contributed by atoms with van der Waals surface area (Å²) < 4.78 is 37.5. The van der Waals surface area contributed by atoms with Crippen molar-refractivity contribution in [3.8, 4) is 11.3 Å². The van der Waals surface area contributed by atoms with Gasteiger partial charge in [0, 0.05) is 17.1 Å². The Hall–Kier alpha value is -2.74. The molecule has 0 spiro atoms. The number of hydrogen-bond donors (Lipinski definition) is 1. The Bertz CT molecular complexity index is 887. The second-order valence-corrected chi connectivity index (χ2v) is 6.15. The van der Waals surface area contributed by atoms with Crippen LogP contribution in [0.3, 0.4) is 0 Å². The molecule has 1 aromatic carbocycles. The summed E-state index contributed by atoms with van der Waals surface area (Å²) in [6.45, 7) is 1.98. The average molecular weight is 363 g/mol. The Morgan fingerprint density at radius 2 is 1.84 bits per heavy atom. The number of aryl methyl sites for hydroxylation is 1. The number of carbonyl (C=O) groups is 1. The van der Waals surface area contributed by atoms with Crippen molar-refractivity contribution in [2.75, 3.05) is 5.32 Å². The van der Waals surface area contributed by atoms with Crippen molar-refractivity contribution >= 4 is 22.4 Å². The number of carbonyl (C=O) groups excluding carboxylic acids is 1. The van der Waals surface area contributed by atoms with Gasteiger partial charge in [-0.1, -0.05) is 29.8 Å². The van der Waals surface area contributed by atoms with Gasteiger partial charge in [-0.25, -0.2) is 4.98 Å². The molecule has 1 amide bonds. The van der Waals surface area contributed by atoms with Crippen LogP contribution >= 0.6 is 11.3 Å². The van der Waals surface area contributed by atoms with Gasteiger partial charge in [-0.2, -0.15) is 13.2 Å². The Balaban J connectivity index is 1.72.